The average Bonchev–Trinajstić information content (AvgIpc) is 2.35. The molecule has 0 fully saturated rings. The van der Waals surface area contributed by atoms with E-state index in [0.717, 1.165) is 9.37 Å². The van der Waals surface area contributed by atoms with Crippen molar-refractivity contribution in [3.05, 3.63) is 28.7 Å². The van der Waals surface area contributed by atoms with Crippen LogP contribution >= 0.6 is 27.7 Å². The van der Waals surface area contributed by atoms with Crippen molar-refractivity contribution in [1.29, 1.82) is 5.26 Å². The number of hydrogen-bond acceptors (Lipinski definition) is 3. The summed E-state index contributed by atoms with van der Waals surface area (Å²) in [5.74, 6) is 0.436. The van der Waals surface area contributed by atoms with Crippen molar-refractivity contribution in [2.45, 2.75) is 24.3 Å². The van der Waals surface area contributed by atoms with Crippen molar-refractivity contribution in [2.75, 3.05) is 12.8 Å². The van der Waals surface area contributed by atoms with Crippen molar-refractivity contribution >= 4 is 33.6 Å². The van der Waals surface area contributed by atoms with Crippen LogP contribution in [0.5, 0.6) is 0 Å². The summed E-state index contributed by atoms with van der Waals surface area (Å²) in [5.41, 5.74) is 0. The van der Waals surface area contributed by atoms with E-state index in [1.54, 1.807) is 11.9 Å². The summed E-state index contributed by atoms with van der Waals surface area (Å²) < 4.78 is 1.01. The van der Waals surface area contributed by atoms with Crippen LogP contribution in [0.4, 0.5) is 0 Å². The highest BCUT2D eigenvalue weighted by molar-refractivity contribution is 9.10. The SMILES string of the molecule is CC(CC#N)N(C)C(=O)CSc1cccc(Br)c1. The summed E-state index contributed by atoms with van der Waals surface area (Å²) in [6.45, 7) is 1.88. The van der Waals surface area contributed by atoms with Gasteiger partial charge in [0.2, 0.25) is 5.91 Å². The molecule has 1 unspecified atom stereocenters. The van der Waals surface area contributed by atoms with Crippen LogP contribution in [0.15, 0.2) is 33.6 Å². The van der Waals surface area contributed by atoms with Crippen molar-refractivity contribution in [2.24, 2.45) is 0 Å². The summed E-state index contributed by atoms with van der Waals surface area (Å²) in [7, 11) is 1.74. The molecule has 0 aliphatic carbocycles. The Morgan fingerprint density at radius 2 is 2.33 bits per heavy atom. The van der Waals surface area contributed by atoms with Crippen LogP contribution in [0.2, 0.25) is 0 Å². The lowest BCUT2D eigenvalue weighted by Gasteiger charge is -2.22. The molecule has 0 aromatic heterocycles. The second-order valence-corrected chi connectivity index (χ2v) is 5.93. The molecule has 0 spiro atoms. The van der Waals surface area contributed by atoms with Crippen molar-refractivity contribution in [1.82, 2.24) is 4.90 Å². The molecule has 0 radical (unpaired) electrons. The molecule has 1 aromatic rings. The monoisotopic (exact) mass is 326 g/mol. The van der Waals surface area contributed by atoms with E-state index in [0.29, 0.717) is 12.2 Å². The number of carbonyl (C=O) groups is 1. The third-order valence-electron chi connectivity index (χ3n) is 2.60. The molecule has 1 aromatic carbocycles. The van der Waals surface area contributed by atoms with E-state index in [1.165, 1.54) is 11.8 Å². The smallest absolute Gasteiger partial charge is 0.232 e. The number of rotatable bonds is 5. The Labute approximate surface area is 120 Å². The molecule has 0 bridgehead atoms. The molecular weight excluding hydrogens is 312 g/mol. The minimum Gasteiger partial charge on any atom is -0.341 e. The van der Waals surface area contributed by atoms with Gasteiger partial charge in [0.15, 0.2) is 0 Å². The topological polar surface area (TPSA) is 44.1 Å². The second-order valence-electron chi connectivity index (χ2n) is 3.96. The van der Waals surface area contributed by atoms with E-state index in [4.69, 9.17) is 5.26 Å². The summed E-state index contributed by atoms with van der Waals surface area (Å²) >= 11 is 4.90. The van der Waals surface area contributed by atoms with E-state index in [2.05, 4.69) is 22.0 Å². The second kappa shape index (κ2) is 7.45. The maximum absolute atomic E-state index is 11.9. The first-order valence-corrected chi connectivity index (χ1v) is 7.33. The third-order valence-corrected chi connectivity index (χ3v) is 4.07. The maximum Gasteiger partial charge on any atom is 0.232 e. The Morgan fingerprint density at radius 3 is 2.94 bits per heavy atom. The number of nitrogens with zero attached hydrogens (tertiary/aromatic N) is 2. The standard InChI is InChI=1S/C13H15BrN2OS/c1-10(6-7-15)16(2)13(17)9-18-12-5-3-4-11(14)8-12/h3-5,8,10H,6,9H2,1-2H3. The molecule has 1 rings (SSSR count). The molecular formula is C13H15BrN2OS. The first-order chi connectivity index (χ1) is 8.54. The molecule has 0 aliphatic rings. The highest BCUT2D eigenvalue weighted by atomic mass is 79.9. The lowest BCUT2D eigenvalue weighted by molar-refractivity contribution is -0.128. The van der Waals surface area contributed by atoms with Crippen LogP contribution in [-0.4, -0.2) is 29.6 Å². The zero-order chi connectivity index (χ0) is 13.5. The Bertz CT molecular complexity index is 459. The van der Waals surface area contributed by atoms with Gasteiger partial charge in [-0.2, -0.15) is 5.26 Å². The zero-order valence-corrected chi connectivity index (χ0v) is 12.8. The maximum atomic E-state index is 11.9. The first kappa shape index (κ1) is 15.1. The van der Waals surface area contributed by atoms with Gasteiger partial charge < -0.3 is 4.90 Å². The summed E-state index contributed by atoms with van der Waals surface area (Å²) in [4.78, 5) is 14.6. The average molecular weight is 327 g/mol. The molecule has 0 N–H and O–H groups in total. The van der Waals surface area contributed by atoms with Crippen LogP contribution < -0.4 is 0 Å². The third kappa shape index (κ3) is 4.71. The summed E-state index contributed by atoms with van der Waals surface area (Å²) in [6.07, 6.45) is 0.365. The number of carbonyl (C=O) groups excluding carboxylic acids is 1. The van der Waals surface area contributed by atoms with Crippen molar-refractivity contribution in [3.8, 4) is 6.07 Å². The van der Waals surface area contributed by atoms with Gasteiger partial charge in [-0.3, -0.25) is 4.79 Å². The normalized spacial score (nSPS) is 11.7. The Kier molecular flexibility index (Phi) is 6.23. The highest BCUT2D eigenvalue weighted by Gasteiger charge is 2.15. The largest absolute Gasteiger partial charge is 0.341 e. The van der Waals surface area contributed by atoms with E-state index >= 15 is 0 Å². The van der Waals surface area contributed by atoms with Crippen LogP contribution in [-0.2, 0) is 4.79 Å². The zero-order valence-electron chi connectivity index (χ0n) is 10.4. The summed E-state index contributed by atoms with van der Waals surface area (Å²) in [5, 5.41) is 8.61. The minimum atomic E-state index is -0.0365. The predicted octanol–water partition coefficient (Wildman–Crippen LogP) is 3.30. The van der Waals surface area contributed by atoms with E-state index < -0.39 is 0 Å². The Balaban J connectivity index is 2.49. The molecule has 1 amide bonds. The van der Waals surface area contributed by atoms with E-state index in [1.807, 2.05) is 31.2 Å². The lowest BCUT2D eigenvalue weighted by Crippen LogP contribution is -2.36. The van der Waals surface area contributed by atoms with E-state index in [-0.39, 0.29) is 11.9 Å². The van der Waals surface area contributed by atoms with Crippen LogP contribution in [0, 0.1) is 11.3 Å². The Hall–Kier alpha value is -0.990. The molecule has 3 nitrogen and oxygen atoms in total. The first-order valence-electron chi connectivity index (χ1n) is 5.55. The number of benzene rings is 1. The van der Waals surface area contributed by atoms with Crippen LogP contribution in [0.3, 0.4) is 0 Å². The molecule has 96 valence electrons. The molecule has 1 atom stereocenters. The molecule has 0 heterocycles. The van der Waals surface area contributed by atoms with E-state index in [9.17, 15) is 4.79 Å². The van der Waals surface area contributed by atoms with Gasteiger partial charge in [0.25, 0.3) is 0 Å². The molecule has 18 heavy (non-hydrogen) atoms. The molecule has 0 saturated carbocycles. The van der Waals surface area contributed by atoms with Gasteiger partial charge in [0.05, 0.1) is 18.2 Å². The minimum absolute atomic E-state index is 0.0365. The van der Waals surface area contributed by atoms with Gasteiger partial charge >= 0.3 is 0 Å². The Morgan fingerprint density at radius 1 is 1.61 bits per heavy atom. The summed E-state index contributed by atoms with van der Waals surface area (Å²) in [6, 6.07) is 9.89. The van der Waals surface area contributed by atoms with Crippen LogP contribution in [0.25, 0.3) is 0 Å². The van der Waals surface area contributed by atoms with Gasteiger partial charge in [-0.15, -0.1) is 11.8 Å². The number of hydrogen-bond donors (Lipinski definition) is 0. The fourth-order valence-electron chi connectivity index (χ4n) is 1.32. The number of nitriles is 1. The lowest BCUT2D eigenvalue weighted by atomic mass is 10.2. The van der Waals surface area contributed by atoms with Crippen molar-refractivity contribution < 1.29 is 4.79 Å². The van der Waals surface area contributed by atoms with Gasteiger partial charge in [-0.25, -0.2) is 0 Å². The number of thioether (sulfide) groups is 1. The van der Waals surface area contributed by atoms with Gasteiger partial charge in [0, 0.05) is 22.5 Å². The van der Waals surface area contributed by atoms with Crippen molar-refractivity contribution in [3.63, 3.8) is 0 Å². The fourth-order valence-corrected chi connectivity index (χ4v) is 2.75. The van der Waals surface area contributed by atoms with Gasteiger partial charge in [0.1, 0.15) is 0 Å². The molecule has 5 heteroatoms. The fraction of sp³-hybridized carbons (Fsp3) is 0.385. The predicted molar refractivity (Wildman–Crippen MR) is 77.3 cm³/mol. The molecule has 0 aliphatic heterocycles. The molecule has 0 saturated heterocycles. The number of amides is 1. The van der Waals surface area contributed by atoms with Gasteiger partial charge in [-0.1, -0.05) is 22.0 Å². The van der Waals surface area contributed by atoms with Gasteiger partial charge in [-0.05, 0) is 25.1 Å². The quantitative estimate of drug-likeness (QED) is 0.780. The highest BCUT2D eigenvalue weighted by Crippen LogP contribution is 2.22. The van der Waals surface area contributed by atoms with Crippen LogP contribution in [0.1, 0.15) is 13.3 Å². The number of halogens is 1.